The van der Waals surface area contributed by atoms with Crippen molar-refractivity contribution in [1.82, 2.24) is 29.4 Å². The first-order valence-electron chi connectivity index (χ1n) is 5.09. The first-order chi connectivity index (χ1) is 8.35. The molecule has 17 heavy (non-hydrogen) atoms. The summed E-state index contributed by atoms with van der Waals surface area (Å²) in [5, 5.41) is 8.73. The van der Waals surface area contributed by atoms with Gasteiger partial charge in [-0.2, -0.15) is 0 Å². The van der Waals surface area contributed by atoms with E-state index >= 15 is 0 Å². The van der Waals surface area contributed by atoms with Crippen LogP contribution >= 0.6 is 15.9 Å². The Bertz CT molecular complexity index is 610. The zero-order valence-corrected chi connectivity index (χ0v) is 10.4. The van der Waals surface area contributed by atoms with Crippen molar-refractivity contribution in [3.8, 4) is 0 Å². The van der Waals surface area contributed by atoms with Crippen LogP contribution in [0.3, 0.4) is 0 Å². The largest absolute Gasteiger partial charge is 0.291 e. The second-order valence-corrected chi connectivity index (χ2v) is 4.16. The highest BCUT2D eigenvalue weighted by Crippen LogP contribution is 2.05. The number of rotatable bonds is 3. The van der Waals surface area contributed by atoms with Crippen LogP contribution in [0.1, 0.15) is 11.4 Å². The van der Waals surface area contributed by atoms with Gasteiger partial charge < -0.3 is 0 Å². The van der Waals surface area contributed by atoms with E-state index < -0.39 is 0 Å². The maximum atomic E-state index is 4.39. The van der Waals surface area contributed by atoms with Crippen molar-refractivity contribution in [1.29, 1.82) is 0 Å². The summed E-state index contributed by atoms with van der Waals surface area (Å²) in [5.41, 5.74) is 1.82. The number of nitrogens with zero attached hydrogens (tertiary/aromatic N) is 6. The molecule has 0 fully saturated rings. The van der Waals surface area contributed by atoms with Gasteiger partial charge in [0, 0.05) is 30.1 Å². The Kier molecular flexibility index (Phi) is 2.60. The van der Waals surface area contributed by atoms with Gasteiger partial charge in [-0.1, -0.05) is 21.1 Å². The van der Waals surface area contributed by atoms with Gasteiger partial charge in [-0.3, -0.25) is 4.40 Å². The molecule has 0 amide bonds. The van der Waals surface area contributed by atoms with Crippen LogP contribution < -0.4 is 0 Å². The summed E-state index contributed by atoms with van der Waals surface area (Å²) in [7, 11) is 0. The summed E-state index contributed by atoms with van der Waals surface area (Å²) < 4.78 is 3.65. The SMILES string of the molecule is BrCc1cn(Cc2cn3cccnc3n2)nn1. The van der Waals surface area contributed by atoms with Gasteiger partial charge in [0.25, 0.3) is 0 Å². The van der Waals surface area contributed by atoms with Gasteiger partial charge in [-0.15, -0.1) is 5.10 Å². The molecular formula is C10H9BrN6. The third-order valence-corrected chi connectivity index (χ3v) is 2.91. The van der Waals surface area contributed by atoms with Crippen molar-refractivity contribution in [2.24, 2.45) is 0 Å². The molecule has 0 saturated carbocycles. The van der Waals surface area contributed by atoms with E-state index in [1.807, 2.05) is 29.1 Å². The summed E-state index contributed by atoms with van der Waals surface area (Å²) in [4.78, 5) is 8.56. The highest BCUT2D eigenvalue weighted by atomic mass is 79.9. The molecule has 0 unspecified atom stereocenters. The molecule has 3 aromatic rings. The van der Waals surface area contributed by atoms with E-state index in [9.17, 15) is 0 Å². The van der Waals surface area contributed by atoms with Crippen molar-refractivity contribution in [3.63, 3.8) is 0 Å². The van der Waals surface area contributed by atoms with Crippen molar-refractivity contribution < 1.29 is 0 Å². The minimum atomic E-state index is 0.601. The lowest BCUT2D eigenvalue weighted by molar-refractivity contribution is 0.640. The van der Waals surface area contributed by atoms with E-state index in [1.54, 1.807) is 10.9 Å². The third kappa shape index (κ3) is 2.05. The van der Waals surface area contributed by atoms with E-state index in [0.29, 0.717) is 17.7 Å². The standard InChI is InChI=1S/C10H9BrN6/c11-4-8-6-17(15-14-8)7-9-5-16-3-1-2-12-10(16)13-9/h1-3,5-6H,4,7H2. The monoisotopic (exact) mass is 292 g/mol. The van der Waals surface area contributed by atoms with E-state index in [2.05, 4.69) is 36.2 Å². The maximum Gasteiger partial charge on any atom is 0.233 e. The Labute approximate surface area is 105 Å². The molecule has 0 N–H and O–H groups in total. The second-order valence-electron chi connectivity index (χ2n) is 3.60. The van der Waals surface area contributed by atoms with Crippen molar-refractivity contribution in [2.75, 3.05) is 0 Å². The van der Waals surface area contributed by atoms with Gasteiger partial charge in [-0.25, -0.2) is 14.6 Å². The van der Waals surface area contributed by atoms with Crippen LogP contribution in [-0.2, 0) is 11.9 Å². The fourth-order valence-corrected chi connectivity index (χ4v) is 1.86. The first kappa shape index (κ1) is 10.4. The highest BCUT2D eigenvalue weighted by Gasteiger charge is 2.04. The van der Waals surface area contributed by atoms with Crippen LogP contribution in [0.15, 0.2) is 30.9 Å². The molecule has 3 aromatic heterocycles. The zero-order valence-electron chi connectivity index (χ0n) is 8.86. The van der Waals surface area contributed by atoms with Crippen molar-refractivity contribution >= 4 is 21.7 Å². The number of aromatic nitrogens is 6. The lowest BCUT2D eigenvalue weighted by atomic mass is 10.5. The topological polar surface area (TPSA) is 60.9 Å². The summed E-state index contributed by atoms with van der Waals surface area (Å²) >= 11 is 3.34. The van der Waals surface area contributed by atoms with Gasteiger partial charge >= 0.3 is 0 Å². The van der Waals surface area contributed by atoms with Gasteiger partial charge in [0.05, 0.1) is 17.9 Å². The molecule has 0 aliphatic heterocycles. The highest BCUT2D eigenvalue weighted by molar-refractivity contribution is 9.08. The zero-order chi connectivity index (χ0) is 11.7. The number of fused-ring (bicyclic) bond motifs is 1. The van der Waals surface area contributed by atoms with E-state index in [0.717, 1.165) is 11.4 Å². The number of halogens is 1. The molecule has 86 valence electrons. The summed E-state index contributed by atoms with van der Waals surface area (Å²) in [6.07, 6.45) is 7.48. The molecule has 6 nitrogen and oxygen atoms in total. The molecule has 0 aromatic carbocycles. The quantitative estimate of drug-likeness (QED) is 0.682. The predicted octanol–water partition coefficient (Wildman–Crippen LogP) is 1.26. The van der Waals surface area contributed by atoms with E-state index in [4.69, 9.17) is 0 Å². The van der Waals surface area contributed by atoms with Gasteiger partial charge in [0.2, 0.25) is 5.78 Å². The lowest BCUT2D eigenvalue weighted by Gasteiger charge is -1.93. The average Bonchev–Trinajstić information content (AvgIpc) is 2.94. The fourth-order valence-electron chi connectivity index (χ4n) is 1.60. The van der Waals surface area contributed by atoms with Crippen molar-refractivity contribution in [2.45, 2.75) is 11.9 Å². The maximum absolute atomic E-state index is 4.39. The smallest absolute Gasteiger partial charge is 0.233 e. The number of hydrogen-bond donors (Lipinski definition) is 0. The third-order valence-electron chi connectivity index (χ3n) is 2.33. The Balaban J connectivity index is 1.89. The number of hydrogen-bond acceptors (Lipinski definition) is 4. The summed E-state index contributed by atoms with van der Waals surface area (Å²) in [6, 6.07) is 1.87. The summed E-state index contributed by atoms with van der Waals surface area (Å²) in [5.74, 6) is 0.698. The van der Waals surface area contributed by atoms with Crippen LogP contribution in [0.5, 0.6) is 0 Å². The van der Waals surface area contributed by atoms with Crippen LogP contribution in [0.25, 0.3) is 5.78 Å². The minimum Gasteiger partial charge on any atom is -0.291 e. The van der Waals surface area contributed by atoms with E-state index in [-0.39, 0.29) is 0 Å². The van der Waals surface area contributed by atoms with Gasteiger partial charge in [0.1, 0.15) is 0 Å². The van der Waals surface area contributed by atoms with Crippen LogP contribution in [0.4, 0.5) is 0 Å². The van der Waals surface area contributed by atoms with Gasteiger partial charge in [-0.05, 0) is 6.07 Å². The van der Waals surface area contributed by atoms with Crippen LogP contribution in [0.2, 0.25) is 0 Å². The normalized spacial score (nSPS) is 11.1. The molecule has 7 heteroatoms. The molecule has 0 spiro atoms. The minimum absolute atomic E-state index is 0.601. The Morgan fingerprint density at radius 1 is 1.24 bits per heavy atom. The molecule has 0 aliphatic rings. The average molecular weight is 293 g/mol. The van der Waals surface area contributed by atoms with Crippen molar-refractivity contribution in [3.05, 3.63) is 42.2 Å². The molecule has 0 saturated heterocycles. The second kappa shape index (κ2) is 4.25. The number of alkyl halides is 1. The molecule has 3 heterocycles. The molecule has 0 atom stereocenters. The molecule has 0 radical (unpaired) electrons. The molecule has 3 rings (SSSR count). The molecule has 0 bridgehead atoms. The number of imidazole rings is 1. The first-order valence-corrected chi connectivity index (χ1v) is 6.21. The Morgan fingerprint density at radius 3 is 2.94 bits per heavy atom. The molecule has 0 aliphatic carbocycles. The predicted molar refractivity (Wildman–Crippen MR) is 64.7 cm³/mol. The van der Waals surface area contributed by atoms with E-state index in [1.165, 1.54) is 0 Å². The van der Waals surface area contributed by atoms with Gasteiger partial charge in [0.15, 0.2) is 0 Å². The van der Waals surface area contributed by atoms with Crippen LogP contribution in [-0.4, -0.2) is 29.4 Å². The Morgan fingerprint density at radius 2 is 2.18 bits per heavy atom. The summed E-state index contributed by atoms with van der Waals surface area (Å²) in [6.45, 7) is 0.601. The molecular weight excluding hydrogens is 284 g/mol. The lowest BCUT2D eigenvalue weighted by Crippen LogP contribution is -2.00. The fraction of sp³-hybridized carbons (Fsp3) is 0.200. The van der Waals surface area contributed by atoms with Crippen LogP contribution in [0, 0.1) is 0 Å². The Hall–Kier alpha value is -1.76.